The molecule has 2 aromatic rings. The second kappa shape index (κ2) is 6.24. The van der Waals surface area contributed by atoms with Crippen LogP contribution >= 0.6 is 11.5 Å². The van der Waals surface area contributed by atoms with E-state index >= 15 is 0 Å². The molecule has 3 N–H and O–H groups in total. The van der Waals surface area contributed by atoms with Crippen LogP contribution < -0.4 is 11.1 Å². The molecule has 3 rings (SSSR count). The number of piperidine rings is 1. The molecule has 0 amide bonds. The highest BCUT2D eigenvalue weighted by molar-refractivity contribution is 7.10. The monoisotopic (exact) mass is 288 g/mol. The highest BCUT2D eigenvalue weighted by Crippen LogP contribution is 2.22. The van der Waals surface area contributed by atoms with Gasteiger partial charge in [-0.3, -0.25) is 4.90 Å². The Morgan fingerprint density at radius 1 is 1.25 bits per heavy atom. The number of rotatable bonds is 4. The van der Waals surface area contributed by atoms with Crippen molar-refractivity contribution in [3.05, 3.63) is 42.0 Å². The maximum absolute atomic E-state index is 5.64. The Kier molecular flexibility index (Phi) is 4.18. The summed E-state index contributed by atoms with van der Waals surface area (Å²) in [6.07, 6.45) is 2.34. The summed E-state index contributed by atoms with van der Waals surface area (Å²) in [7, 11) is 0. The van der Waals surface area contributed by atoms with Gasteiger partial charge < -0.3 is 11.1 Å². The Balaban J connectivity index is 1.47. The van der Waals surface area contributed by atoms with E-state index in [1.54, 1.807) is 0 Å². The molecule has 5 heteroatoms. The lowest BCUT2D eigenvalue weighted by atomic mass is 10.0. The van der Waals surface area contributed by atoms with E-state index < -0.39 is 0 Å². The van der Waals surface area contributed by atoms with Crippen molar-refractivity contribution in [3.63, 3.8) is 0 Å². The number of nitrogens with zero attached hydrogens (tertiary/aromatic N) is 2. The van der Waals surface area contributed by atoms with Crippen LogP contribution in [-0.2, 0) is 6.54 Å². The summed E-state index contributed by atoms with van der Waals surface area (Å²) in [6, 6.07) is 13.1. The van der Waals surface area contributed by atoms with Gasteiger partial charge in [0.25, 0.3) is 0 Å². The average Bonchev–Trinajstić information content (AvgIpc) is 2.88. The third kappa shape index (κ3) is 3.49. The maximum Gasteiger partial charge on any atom is 0.139 e. The highest BCUT2D eigenvalue weighted by Gasteiger charge is 2.19. The van der Waals surface area contributed by atoms with Crippen molar-refractivity contribution in [1.82, 2.24) is 9.27 Å². The third-order valence-electron chi connectivity index (χ3n) is 3.71. The lowest BCUT2D eigenvalue weighted by Gasteiger charge is -2.32. The molecule has 1 aliphatic rings. The number of hydrogen-bond donors (Lipinski definition) is 2. The number of benzene rings is 1. The van der Waals surface area contributed by atoms with Crippen molar-refractivity contribution < 1.29 is 0 Å². The number of hydrogen-bond acceptors (Lipinski definition) is 5. The van der Waals surface area contributed by atoms with Gasteiger partial charge in [0.05, 0.1) is 0 Å². The summed E-state index contributed by atoms with van der Waals surface area (Å²) in [6.45, 7) is 3.34. The van der Waals surface area contributed by atoms with E-state index in [9.17, 15) is 0 Å². The summed E-state index contributed by atoms with van der Waals surface area (Å²) < 4.78 is 4.10. The maximum atomic E-state index is 5.64. The second-order valence-electron chi connectivity index (χ2n) is 5.30. The molecule has 0 saturated carbocycles. The van der Waals surface area contributed by atoms with Crippen LogP contribution in [0.4, 0.5) is 10.8 Å². The Labute approximate surface area is 123 Å². The molecule has 0 spiro atoms. The first-order valence-electron chi connectivity index (χ1n) is 7.04. The number of aromatic nitrogens is 1. The normalized spacial score (nSPS) is 17.2. The minimum Gasteiger partial charge on any atom is -0.383 e. The summed E-state index contributed by atoms with van der Waals surface area (Å²) in [4.78, 5) is 2.52. The van der Waals surface area contributed by atoms with Gasteiger partial charge in [-0.25, -0.2) is 0 Å². The fourth-order valence-electron chi connectivity index (χ4n) is 2.64. The molecular weight excluding hydrogens is 268 g/mol. The molecule has 1 saturated heterocycles. The molecule has 4 nitrogen and oxygen atoms in total. The molecule has 1 aromatic carbocycles. The molecule has 1 aromatic heterocycles. The van der Waals surface area contributed by atoms with E-state index in [1.807, 2.05) is 6.07 Å². The number of likely N-dealkylation sites (tertiary alicyclic amines) is 1. The molecule has 0 atom stereocenters. The van der Waals surface area contributed by atoms with Gasteiger partial charge in [-0.2, -0.15) is 4.37 Å². The standard InChI is InChI=1S/C15H20N4S/c16-14-10-15(20-18-14)17-13-6-8-19(9-7-13)11-12-4-2-1-3-5-12/h1-5,10,13,17H,6-9,11H2,(H2,16,18). The zero-order valence-electron chi connectivity index (χ0n) is 11.5. The van der Waals surface area contributed by atoms with Crippen molar-refractivity contribution in [2.24, 2.45) is 0 Å². The largest absolute Gasteiger partial charge is 0.383 e. The molecule has 1 aliphatic heterocycles. The predicted molar refractivity (Wildman–Crippen MR) is 84.9 cm³/mol. The van der Waals surface area contributed by atoms with E-state index in [2.05, 4.69) is 44.9 Å². The quantitative estimate of drug-likeness (QED) is 0.908. The van der Waals surface area contributed by atoms with Crippen LogP contribution in [0.2, 0.25) is 0 Å². The smallest absolute Gasteiger partial charge is 0.139 e. The van der Waals surface area contributed by atoms with Gasteiger partial charge >= 0.3 is 0 Å². The number of nitrogens with one attached hydrogen (secondary N) is 1. The summed E-state index contributed by atoms with van der Waals surface area (Å²) in [5, 5.41) is 4.62. The van der Waals surface area contributed by atoms with Crippen molar-refractivity contribution in [3.8, 4) is 0 Å². The van der Waals surface area contributed by atoms with Gasteiger partial charge in [-0.05, 0) is 29.9 Å². The molecule has 0 aliphatic carbocycles. The van der Waals surface area contributed by atoms with Crippen molar-refractivity contribution in [1.29, 1.82) is 0 Å². The Morgan fingerprint density at radius 3 is 2.65 bits per heavy atom. The minimum absolute atomic E-state index is 0.543. The predicted octanol–water partition coefficient (Wildman–Crippen LogP) is 2.80. The first-order valence-corrected chi connectivity index (χ1v) is 7.82. The van der Waals surface area contributed by atoms with Crippen molar-refractivity contribution in [2.75, 3.05) is 24.1 Å². The lowest BCUT2D eigenvalue weighted by molar-refractivity contribution is 0.211. The van der Waals surface area contributed by atoms with Crippen molar-refractivity contribution >= 4 is 22.4 Å². The van der Waals surface area contributed by atoms with E-state index in [-0.39, 0.29) is 0 Å². The van der Waals surface area contributed by atoms with Gasteiger partial charge in [0, 0.05) is 31.7 Å². The molecule has 20 heavy (non-hydrogen) atoms. The highest BCUT2D eigenvalue weighted by atomic mass is 32.1. The van der Waals surface area contributed by atoms with E-state index in [0.29, 0.717) is 11.9 Å². The molecule has 0 bridgehead atoms. The van der Waals surface area contributed by atoms with Crippen molar-refractivity contribution in [2.45, 2.75) is 25.4 Å². The van der Waals surface area contributed by atoms with E-state index in [0.717, 1.165) is 24.6 Å². The molecule has 1 fully saturated rings. The minimum atomic E-state index is 0.543. The van der Waals surface area contributed by atoms with E-state index in [4.69, 9.17) is 5.73 Å². The molecule has 0 unspecified atom stereocenters. The Morgan fingerprint density at radius 2 is 2.00 bits per heavy atom. The van der Waals surface area contributed by atoms with Crippen LogP contribution in [0.15, 0.2) is 36.4 Å². The van der Waals surface area contributed by atoms with Crippen LogP contribution in [0.25, 0.3) is 0 Å². The Bertz CT molecular complexity index is 532. The van der Waals surface area contributed by atoms with Crippen LogP contribution in [0, 0.1) is 0 Å². The van der Waals surface area contributed by atoms with Gasteiger partial charge in [-0.15, -0.1) is 0 Å². The SMILES string of the molecule is Nc1cc(NC2CCN(Cc3ccccc3)CC2)sn1. The molecular formula is C15H20N4S. The van der Waals surface area contributed by atoms with Gasteiger partial charge in [-0.1, -0.05) is 30.3 Å². The Hall–Kier alpha value is -1.59. The summed E-state index contributed by atoms with van der Waals surface area (Å²) in [5.74, 6) is 0.610. The van der Waals surface area contributed by atoms with E-state index in [1.165, 1.54) is 29.9 Å². The molecule has 2 heterocycles. The molecule has 106 valence electrons. The zero-order valence-corrected chi connectivity index (χ0v) is 12.3. The first-order chi connectivity index (χ1) is 9.79. The lowest BCUT2D eigenvalue weighted by Crippen LogP contribution is -2.38. The van der Waals surface area contributed by atoms with Crippen LogP contribution in [0.3, 0.4) is 0 Å². The third-order valence-corrected chi connectivity index (χ3v) is 4.45. The number of nitrogens with two attached hydrogens (primary N) is 1. The summed E-state index contributed by atoms with van der Waals surface area (Å²) >= 11 is 1.45. The summed E-state index contributed by atoms with van der Waals surface area (Å²) in [5.41, 5.74) is 7.04. The topological polar surface area (TPSA) is 54.2 Å². The fraction of sp³-hybridized carbons (Fsp3) is 0.400. The zero-order chi connectivity index (χ0) is 13.8. The number of nitrogen functional groups attached to an aromatic ring is 1. The molecule has 0 radical (unpaired) electrons. The average molecular weight is 288 g/mol. The second-order valence-corrected chi connectivity index (χ2v) is 6.10. The van der Waals surface area contributed by atoms with Gasteiger partial charge in [0.15, 0.2) is 0 Å². The van der Waals surface area contributed by atoms with Crippen LogP contribution in [-0.4, -0.2) is 28.4 Å². The van der Waals surface area contributed by atoms with Gasteiger partial charge in [0.2, 0.25) is 0 Å². The first kappa shape index (κ1) is 13.4. The van der Waals surface area contributed by atoms with Crippen LogP contribution in [0.5, 0.6) is 0 Å². The number of anilines is 2. The van der Waals surface area contributed by atoms with Crippen LogP contribution in [0.1, 0.15) is 18.4 Å². The van der Waals surface area contributed by atoms with Gasteiger partial charge in [0.1, 0.15) is 10.8 Å². The fourth-order valence-corrected chi connectivity index (χ4v) is 3.28.